The maximum absolute atomic E-state index is 11.4. The van der Waals surface area contributed by atoms with Crippen molar-refractivity contribution in [3.05, 3.63) is 22.9 Å². The summed E-state index contributed by atoms with van der Waals surface area (Å²) >= 11 is 0. The quantitative estimate of drug-likeness (QED) is 0.802. The third kappa shape index (κ3) is 2.10. The molecule has 0 aliphatic carbocycles. The topological polar surface area (TPSA) is 92.3 Å². The third-order valence-electron chi connectivity index (χ3n) is 3.75. The molecule has 1 aliphatic heterocycles. The molecule has 0 spiro atoms. The van der Waals surface area contributed by atoms with E-state index in [-0.39, 0.29) is 11.7 Å². The molecular weight excluding hydrogens is 244 g/mol. The molecule has 1 fully saturated rings. The molecule has 7 heteroatoms. The van der Waals surface area contributed by atoms with E-state index in [1.807, 2.05) is 13.0 Å². The highest BCUT2D eigenvalue weighted by Gasteiger charge is 2.26. The fraction of sp³-hybridized carbons (Fsp3) is 0.583. The van der Waals surface area contributed by atoms with Crippen LogP contribution in [0.4, 0.5) is 5.82 Å². The van der Waals surface area contributed by atoms with Crippen LogP contribution >= 0.6 is 0 Å². The van der Waals surface area contributed by atoms with Gasteiger partial charge in [0.2, 0.25) is 0 Å². The Labute approximate surface area is 110 Å². The van der Waals surface area contributed by atoms with Gasteiger partial charge in [-0.25, -0.2) is 19.3 Å². The Bertz CT molecular complexity index is 630. The van der Waals surface area contributed by atoms with E-state index >= 15 is 0 Å². The van der Waals surface area contributed by atoms with Crippen LogP contribution in [0.15, 0.2) is 17.2 Å². The molecule has 0 radical (unpaired) electrons. The Kier molecular flexibility index (Phi) is 2.98. The van der Waals surface area contributed by atoms with Gasteiger partial charge in [0.25, 0.3) is 0 Å². The number of fused-ring (bicyclic) bond motifs is 1. The van der Waals surface area contributed by atoms with Crippen molar-refractivity contribution in [2.24, 2.45) is 5.73 Å². The van der Waals surface area contributed by atoms with E-state index in [2.05, 4.69) is 20.1 Å². The van der Waals surface area contributed by atoms with E-state index in [0.29, 0.717) is 11.7 Å². The summed E-state index contributed by atoms with van der Waals surface area (Å²) in [5.74, 6) is 0.841. The normalized spacial score (nSPS) is 21.8. The second kappa shape index (κ2) is 4.65. The fourth-order valence-electron chi connectivity index (χ4n) is 2.75. The number of nitrogens with zero attached hydrogens (tertiary/aromatic N) is 4. The van der Waals surface area contributed by atoms with E-state index < -0.39 is 0 Å². The molecule has 0 aromatic carbocycles. The molecule has 2 unspecified atom stereocenters. The Morgan fingerprint density at radius 1 is 1.53 bits per heavy atom. The molecule has 2 atom stereocenters. The Morgan fingerprint density at radius 3 is 3.16 bits per heavy atom. The van der Waals surface area contributed by atoms with Gasteiger partial charge in [0.15, 0.2) is 5.65 Å². The van der Waals surface area contributed by atoms with Crippen molar-refractivity contribution < 1.29 is 0 Å². The largest absolute Gasteiger partial charge is 0.352 e. The summed E-state index contributed by atoms with van der Waals surface area (Å²) in [7, 11) is 0. The van der Waals surface area contributed by atoms with Crippen LogP contribution in [0.25, 0.3) is 5.65 Å². The molecule has 3 N–H and O–H groups in total. The average molecular weight is 262 g/mol. The maximum atomic E-state index is 11.4. The number of rotatable bonds is 2. The van der Waals surface area contributed by atoms with Crippen molar-refractivity contribution in [3.8, 4) is 0 Å². The highest BCUT2D eigenvalue weighted by atomic mass is 16.1. The lowest BCUT2D eigenvalue weighted by Gasteiger charge is -2.38. The van der Waals surface area contributed by atoms with Gasteiger partial charge in [0.05, 0.1) is 0 Å². The maximum Gasteiger partial charge on any atom is 0.348 e. The van der Waals surface area contributed by atoms with Crippen molar-refractivity contribution in [1.82, 2.24) is 19.6 Å². The van der Waals surface area contributed by atoms with Crippen LogP contribution in [-0.2, 0) is 0 Å². The second-order valence-electron chi connectivity index (χ2n) is 5.12. The fourth-order valence-corrected chi connectivity index (χ4v) is 2.75. The zero-order valence-electron chi connectivity index (χ0n) is 10.9. The third-order valence-corrected chi connectivity index (χ3v) is 3.75. The van der Waals surface area contributed by atoms with E-state index in [0.717, 1.165) is 25.2 Å². The second-order valence-corrected chi connectivity index (χ2v) is 5.12. The van der Waals surface area contributed by atoms with Crippen molar-refractivity contribution in [2.75, 3.05) is 11.4 Å². The lowest BCUT2D eigenvalue weighted by molar-refractivity contribution is 0.411. The lowest BCUT2D eigenvalue weighted by Crippen LogP contribution is -2.49. The minimum Gasteiger partial charge on any atom is -0.352 e. The van der Waals surface area contributed by atoms with Gasteiger partial charge in [-0.05, 0) is 26.2 Å². The first kappa shape index (κ1) is 12.2. The minimum atomic E-state index is -0.267. The molecule has 2 aromatic heterocycles. The van der Waals surface area contributed by atoms with Crippen molar-refractivity contribution in [3.63, 3.8) is 0 Å². The van der Waals surface area contributed by atoms with Crippen LogP contribution in [0.2, 0.25) is 0 Å². The van der Waals surface area contributed by atoms with E-state index in [1.54, 1.807) is 0 Å². The molecule has 102 valence electrons. The Morgan fingerprint density at radius 2 is 2.37 bits per heavy atom. The van der Waals surface area contributed by atoms with Gasteiger partial charge < -0.3 is 10.6 Å². The molecule has 1 saturated heterocycles. The predicted octanol–water partition coefficient (Wildman–Crippen LogP) is 0.124. The van der Waals surface area contributed by atoms with Gasteiger partial charge in [-0.2, -0.15) is 5.10 Å². The monoisotopic (exact) mass is 262 g/mol. The molecule has 1 aliphatic rings. The van der Waals surface area contributed by atoms with Crippen LogP contribution in [0.1, 0.15) is 26.2 Å². The van der Waals surface area contributed by atoms with Crippen molar-refractivity contribution in [1.29, 1.82) is 0 Å². The number of nitrogens with one attached hydrogen (secondary N) is 1. The van der Waals surface area contributed by atoms with Gasteiger partial charge in [-0.15, -0.1) is 0 Å². The molecule has 3 heterocycles. The Balaban J connectivity index is 1.99. The van der Waals surface area contributed by atoms with E-state index in [1.165, 1.54) is 17.1 Å². The van der Waals surface area contributed by atoms with E-state index in [4.69, 9.17) is 5.73 Å². The van der Waals surface area contributed by atoms with Crippen molar-refractivity contribution in [2.45, 2.75) is 38.3 Å². The highest BCUT2D eigenvalue weighted by molar-refractivity contribution is 5.51. The average Bonchev–Trinajstić information content (AvgIpc) is 2.80. The Hall–Kier alpha value is -1.89. The summed E-state index contributed by atoms with van der Waals surface area (Å²) in [5, 5.41) is 6.39. The number of hydrogen-bond acceptors (Lipinski definition) is 5. The standard InChI is InChI=1S/C12H18N6O/c1-8(13)9-4-2-3-5-17(9)10-6-11-15-16-12(19)18(11)7-14-10/h6-9H,2-5,13H2,1H3,(H,16,19). The first-order valence-corrected chi connectivity index (χ1v) is 6.62. The number of H-pyrrole nitrogens is 1. The summed E-state index contributed by atoms with van der Waals surface area (Å²) in [5.41, 5.74) is 6.39. The molecule has 0 saturated carbocycles. The highest BCUT2D eigenvalue weighted by Crippen LogP contribution is 2.24. The molecular formula is C12H18N6O. The van der Waals surface area contributed by atoms with Crippen LogP contribution in [0.3, 0.4) is 0 Å². The molecule has 2 aromatic rings. The number of piperidine rings is 1. The number of nitrogens with two attached hydrogens (primary N) is 1. The predicted molar refractivity (Wildman–Crippen MR) is 72.2 cm³/mol. The molecule has 19 heavy (non-hydrogen) atoms. The first-order chi connectivity index (χ1) is 9.16. The SMILES string of the molecule is CC(N)C1CCCCN1c1cc2n[nH]c(=O)n2cn1. The van der Waals surface area contributed by atoms with Gasteiger partial charge in [0.1, 0.15) is 12.1 Å². The van der Waals surface area contributed by atoms with Crippen LogP contribution in [0, 0.1) is 0 Å². The molecule has 3 rings (SSSR count). The van der Waals surface area contributed by atoms with Crippen LogP contribution < -0.4 is 16.3 Å². The van der Waals surface area contributed by atoms with Gasteiger partial charge in [-0.3, -0.25) is 0 Å². The summed E-state index contributed by atoms with van der Waals surface area (Å²) in [4.78, 5) is 18.0. The van der Waals surface area contributed by atoms with Gasteiger partial charge in [0, 0.05) is 24.7 Å². The smallest absolute Gasteiger partial charge is 0.348 e. The van der Waals surface area contributed by atoms with Crippen molar-refractivity contribution >= 4 is 11.5 Å². The summed E-state index contributed by atoms with van der Waals surface area (Å²) in [6, 6.07) is 2.23. The number of aromatic amines is 1. The first-order valence-electron chi connectivity index (χ1n) is 6.62. The van der Waals surface area contributed by atoms with Gasteiger partial charge in [-0.1, -0.05) is 0 Å². The minimum absolute atomic E-state index is 0.0969. The van der Waals surface area contributed by atoms with Crippen LogP contribution in [-0.4, -0.2) is 38.2 Å². The zero-order valence-corrected chi connectivity index (χ0v) is 10.9. The lowest BCUT2D eigenvalue weighted by atomic mass is 9.97. The number of anilines is 1. The number of hydrogen-bond donors (Lipinski definition) is 2. The summed E-state index contributed by atoms with van der Waals surface area (Å²) in [6.07, 6.45) is 4.94. The van der Waals surface area contributed by atoms with Gasteiger partial charge >= 0.3 is 5.69 Å². The van der Waals surface area contributed by atoms with E-state index in [9.17, 15) is 4.79 Å². The summed E-state index contributed by atoms with van der Waals surface area (Å²) < 4.78 is 1.40. The molecule has 0 bridgehead atoms. The number of aromatic nitrogens is 4. The molecule has 0 amide bonds. The molecule has 7 nitrogen and oxygen atoms in total. The zero-order chi connectivity index (χ0) is 13.4. The van der Waals surface area contributed by atoms with Crippen LogP contribution in [0.5, 0.6) is 0 Å². The summed E-state index contributed by atoms with van der Waals surface area (Å²) in [6.45, 7) is 2.98.